The Kier molecular flexibility index (Phi) is 7.73. The van der Waals surface area contributed by atoms with Gasteiger partial charge in [0.05, 0.1) is 25.8 Å². The molecule has 148 valence electrons. The third-order valence-electron chi connectivity index (χ3n) is 5.61. The smallest absolute Gasteiger partial charge is 0.235 e. The second kappa shape index (κ2) is 10.5. The summed E-state index contributed by atoms with van der Waals surface area (Å²) < 4.78 is 11.4. The van der Waals surface area contributed by atoms with Crippen LogP contribution >= 0.6 is 0 Å². The summed E-state index contributed by atoms with van der Waals surface area (Å²) in [7, 11) is 1.70. The van der Waals surface area contributed by atoms with Gasteiger partial charge in [-0.25, -0.2) is 4.99 Å². The normalized spacial score (nSPS) is 20.5. The Balaban J connectivity index is 1.93. The third kappa shape index (κ3) is 5.82. The standard InChI is InChI=1S/C23H34N2O2/c1-3-27-23(25-20-12-8-5-9-13-20)22(24-19-10-6-4-7-11-19)18-14-16-21(26-2)17-15-18/h14-17,19-20H,3-13H2,1-2H3. The van der Waals surface area contributed by atoms with Crippen LogP contribution in [0.1, 0.15) is 76.7 Å². The van der Waals surface area contributed by atoms with Crippen LogP contribution in [-0.2, 0) is 4.74 Å². The second-order valence-electron chi connectivity index (χ2n) is 7.66. The first-order valence-corrected chi connectivity index (χ1v) is 10.7. The molecule has 0 aromatic heterocycles. The number of nitrogens with zero attached hydrogens (tertiary/aromatic N) is 2. The lowest BCUT2D eigenvalue weighted by molar-refractivity contribution is 0.325. The summed E-state index contributed by atoms with van der Waals surface area (Å²) in [6, 6.07) is 8.90. The molecule has 0 bridgehead atoms. The number of benzene rings is 1. The fourth-order valence-electron chi connectivity index (χ4n) is 4.07. The van der Waals surface area contributed by atoms with Gasteiger partial charge in [-0.2, -0.15) is 0 Å². The Hall–Kier alpha value is -1.84. The van der Waals surface area contributed by atoms with Crippen LogP contribution < -0.4 is 4.74 Å². The molecule has 0 saturated heterocycles. The van der Waals surface area contributed by atoms with Gasteiger partial charge in [0.25, 0.3) is 0 Å². The number of methoxy groups -OCH3 is 1. The van der Waals surface area contributed by atoms with Gasteiger partial charge in [0.1, 0.15) is 11.5 Å². The molecule has 1 aromatic carbocycles. The van der Waals surface area contributed by atoms with E-state index >= 15 is 0 Å². The van der Waals surface area contributed by atoms with Gasteiger partial charge in [0, 0.05) is 5.56 Å². The number of hydrogen-bond donors (Lipinski definition) is 0. The van der Waals surface area contributed by atoms with Crippen LogP contribution in [0, 0.1) is 0 Å². The molecule has 1 aromatic rings. The van der Waals surface area contributed by atoms with E-state index in [0.29, 0.717) is 18.7 Å². The molecule has 0 atom stereocenters. The highest BCUT2D eigenvalue weighted by Crippen LogP contribution is 2.24. The van der Waals surface area contributed by atoms with Crippen LogP contribution in [0.25, 0.3) is 0 Å². The lowest BCUT2D eigenvalue weighted by atomic mass is 9.95. The zero-order valence-corrected chi connectivity index (χ0v) is 17.0. The summed E-state index contributed by atoms with van der Waals surface area (Å²) in [6.45, 7) is 2.65. The van der Waals surface area contributed by atoms with E-state index in [0.717, 1.165) is 35.8 Å². The first-order valence-electron chi connectivity index (χ1n) is 10.7. The fraction of sp³-hybridized carbons (Fsp3) is 0.652. The monoisotopic (exact) mass is 370 g/mol. The van der Waals surface area contributed by atoms with E-state index in [9.17, 15) is 0 Å². The minimum Gasteiger partial charge on any atom is -0.497 e. The maximum absolute atomic E-state index is 6.05. The Morgan fingerprint density at radius 1 is 0.852 bits per heavy atom. The van der Waals surface area contributed by atoms with Crippen molar-refractivity contribution >= 4 is 11.6 Å². The summed E-state index contributed by atoms with van der Waals surface area (Å²) in [5.74, 6) is 1.60. The van der Waals surface area contributed by atoms with Crippen LogP contribution in [0.5, 0.6) is 5.75 Å². The predicted molar refractivity (Wildman–Crippen MR) is 112 cm³/mol. The van der Waals surface area contributed by atoms with Crippen molar-refractivity contribution < 1.29 is 9.47 Å². The van der Waals surface area contributed by atoms with Gasteiger partial charge in [0.15, 0.2) is 0 Å². The number of rotatable bonds is 6. The van der Waals surface area contributed by atoms with Crippen molar-refractivity contribution in [3.05, 3.63) is 29.8 Å². The first kappa shape index (κ1) is 19.9. The van der Waals surface area contributed by atoms with E-state index in [2.05, 4.69) is 12.1 Å². The molecular weight excluding hydrogens is 336 g/mol. The van der Waals surface area contributed by atoms with E-state index in [1.54, 1.807) is 7.11 Å². The highest BCUT2D eigenvalue weighted by molar-refractivity contribution is 6.45. The van der Waals surface area contributed by atoms with E-state index in [1.807, 2.05) is 19.1 Å². The molecule has 2 saturated carbocycles. The average molecular weight is 371 g/mol. The maximum Gasteiger partial charge on any atom is 0.235 e. The van der Waals surface area contributed by atoms with Crippen LogP contribution in [0.15, 0.2) is 34.3 Å². The van der Waals surface area contributed by atoms with Gasteiger partial charge < -0.3 is 9.47 Å². The van der Waals surface area contributed by atoms with Gasteiger partial charge in [-0.15, -0.1) is 0 Å². The summed E-state index contributed by atoms with van der Waals surface area (Å²) in [6.07, 6.45) is 12.4. The summed E-state index contributed by atoms with van der Waals surface area (Å²) in [5.41, 5.74) is 2.00. The first-order chi connectivity index (χ1) is 13.3. The van der Waals surface area contributed by atoms with Gasteiger partial charge in [-0.3, -0.25) is 4.99 Å². The second-order valence-corrected chi connectivity index (χ2v) is 7.66. The van der Waals surface area contributed by atoms with Crippen LogP contribution in [0.4, 0.5) is 0 Å². The lowest BCUT2D eigenvalue weighted by Gasteiger charge is -2.22. The van der Waals surface area contributed by atoms with Crippen molar-refractivity contribution in [3.63, 3.8) is 0 Å². The molecule has 2 fully saturated rings. The number of ether oxygens (including phenoxy) is 2. The third-order valence-corrected chi connectivity index (χ3v) is 5.61. The highest BCUT2D eigenvalue weighted by atomic mass is 16.5. The van der Waals surface area contributed by atoms with Crippen molar-refractivity contribution in [3.8, 4) is 5.75 Å². The van der Waals surface area contributed by atoms with Crippen molar-refractivity contribution in [2.24, 2.45) is 9.98 Å². The molecule has 0 heterocycles. The minimum absolute atomic E-state index is 0.370. The van der Waals surface area contributed by atoms with Crippen molar-refractivity contribution in [1.29, 1.82) is 0 Å². The summed E-state index contributed by atoms with van der Waals surface area (Å²) >= 11 is 0. The minimum atomic E-state index is 0.370. The van der Waals surface area contributed by atoms with Crippen LogP contribution in [0.3, 0.4) is 0 Å². The molecule has 3 rings (SSSR count). The lowest BCUT2D eigenvalue weighted by Crippen LogP contribution is -2.25. The topological polar surface area (TPSA) is 43.2 Å². The zero-order valence-electron chi connectivity index (χ0n) is 17.0. The average Bonchev–Trinajstić information content (AvgIpc) is 2.73. The summed E-state index contributed by atoms with van der Waals surface area (Å²) in [5, 5.41) is 0. The Morgan fingerprint density at radius 2 is 1.41 bits per heavy atom. The molecule has 2 aliphatic carbocycles. The molecule has 0 aliphatic heterocycles. The zero-order chi connectivity index (χ0) is 18.9. The molecule has 27 heavy (non-hydrogen) atoms. The highest BCUT2D eigenvalue weighted by Gasteiger charge is 2.21. The maximum atomic E-state index is 6.05. The SMILES string of the molecule is CCOC(=NC1CCCCC1)C(=NC1CCCCC1)c1ccc(OC)cc1. The molecule has 0 radical (unpaired) electrons. The number of hydrogen-bond acceptors (Lipinski definition) is 4. The van der Waals surface area contributed by atoms with Crippen LogP contribution in [0.2, 0.25) is 0 Å². The quantitative estimate of drug-likeness (QED) is 0.484. The Labute approximate surface area is 164 Å². The van der Waals surface area contributed by atoms with Gasteiger partial charge >= 0.3 is 0 Å². The van der Waals surface area contributed by atoms with Gasteiger partial charge in [0.2, 0.25) is 5.90 Å². The van der Waals surface area contributed by atoms with Gasteiger partial charge in [-0.1, -0.05) is 38.5 Å². The van der Waals surface area contributed by atoms with Crippen molar-refractivity contribution in [1.82, 2.24) is 0 Å². The largest absolute Gasteiger partial charge is 0.497 e. The molecular formula is C23H34N2O2. The Morgan fingerprint density at radius 3 is 1.93 bits per heavy atom. The van der Waals surface area contributed by atoms with E-state index < -0.39 is 0 Å². The van der Waals surface area contributed by atoms with E-state index in [-0.39, 0.29) is 0 Å². The van der Waals surface area contributed by atoms with Crippen molar-refractivity contribution in [2.45, 2.75) is 83.2 Å². The molecule has 4 heteroatoms. The summed E-state index contributed by atoms with van der Waals surface area (Å²) in [4.78, 5) is 10.2. The molecule has 2 aliphatic rings. The fourth-order valence-corrected chi connectivity index (χ4v) is 4.07. The van der Waals surface area contributed by atoms with Crippen molar-refractivity contribution in [2.75, 3.05) is 13.7 Å². The van der Waals surface area contributed by atoms with E-state index in [1.165, 1.54) is 51.4 Å². The Bertz CT molecular complexity index is 624. The molecule has 0 N–H and O–H groups in total. The molecule has 4 nitrogen and oxygen atoms in total. The predicted octanol–water partition coefficient (Wildman–Crippen LogP) is 5.58. The molecule has 0 spiro atoms. The van der Waals surface area contributed by atoms with Crippen LogP contribution in [-0.4, -0.2) is 37.4 Å². The van der Waals surface area contributed by atoms with E-state index in [4.69, 9.17) is 19.5 Å². The number of aliphatic imine (C=N–C) groups is 2. The molecule has 0 amide bonds. The van der Waals surface area contributed by atoms with Gasteiger partial charge in [-0.05, 0) is 56.9 Å². The molecule has 0 unspecified atom stereocenters.